The van der Waals surface area contributed by atoms with Crippen molar-refractivity contribution in [1.29, 1.82) is 0 Å². The van der Waals surface area contributed by atoms with Crippen molar-refractivity contribution in [3.8, 4) is 0 Å². The second-order valence-electron chi connectivity index (χ2n) is 5.75. The van der Waals surface area contributed by atoms with E-state index in [4.69, 9.17) is 9.47 Å². The zero-order valence-corrected chi connectivity index (χ0v) is 12.8. The number of sulfone groups is 1. The standard InChI is InChI=1S/C15H21NO4S/c17-21(18)11-15(12-21)20-10-14-9-16(6-7-19-14)8-13-4-2-1-3-5-13/h1-5,14-15H,6-12H2. The minimum atomic E-state index is -2.81. The fourth-order valence-electron chi connectivity index (χ4n) is 2.72. The topological polar surface area (TPSA) is 55.8 Å². The van der Waals surface area contributed by atoms with Crippen LogP contribution in [0.15, 0.2) is 30.3 Å². The van der Waals surface area contributed by atoms with Crippen molar-refractivity contribution < 1.29 is 17.9 Å². The van der Waals surface area contributed by atoms with Crippen molar-refractivity contribution in [1.82, 2.24) is 4.90 Å². The number of morpholine rings is 1. The molecule has 1 unspecified atom stereocenters. The number of hydrogen-bond donors (Lipinski definition) is 0. The molecule has 0 amide bonds. The molecule has 2 fully saturated rings. The molecule has 0 bridgehead atoms. The molecule has 0 saturated carbocycles. The highest BCUT2D eigenvalue weighted by Crippen LogP contribution is 2.16. The van der Waals surface area contributed by atoms with Gasteiger partial charge in [0.25, 0.3) is 0 Å². The van der Waals surface area contributed by atoms with Crippen molar-refractivity contribution in [3.05, 3.63) is 35.9 Å². The Morgan fingerprint density at radius 1 is 1.24 bits per heavy atom. The molecule has 1 atom stereocenters. The quantitative estimate of drug-likeness (QED) is 0.801. The third-order valence-corrected chi connectivity index (χ3v) is 5.63. The Balaban J connectivity index is 1.43. The summed E-state index contributed by atoms with van der Waals surface area (Å²) >= 11 is 0. The van der Waals surface area contributed by atoms with Gasteiger partial charge in [0, 0.05) is 19.6 Å². The highest BCUT2D eigenvalue weighted by atomic mass is 32.2. The lowest BCUT2D eigenvalue weighted by atomic mass is 10.2. The molecular weight excluding hydrogens is 290 g/mol. The van der Waals surface area contributed by atoms with Gasteiger partial charge in [0.2, 0.25) is 0 Å². The average Bonchev–Trinajstić information content (AvgIpc) is 2.44. The van der Waals surface area contributed by atoms with E-state index in [0.717, 1.165) is 19.6 Å². The minimum Gasteiger partial charge on any atom is -0.373 e. The summed E-state index contributed by atoms with van der Waals surface area (Å²) in [6.45, 7) is 3.84. The van der Waals surface area contributed by atoms with Crippen LogP contribution in [0.1, 0.15) is 5.56 Å². The minimum absolute atomic E-state index is 0.0331. The monoisotopic (exact) mass is 311 g/mol. The molecule has 3 rings (SSSR count). The summed E-state index contributed by atoms with van der Waals surface area (Å²) in [4.78, 5) is 2.35. The van der Waals surface area contributed by atoms with Crippen LogP contribution in [0.2, 0.25) is 0 Å². The van der Waals surface area contributed by atoms with Crippen LogP contribution in [0.5, 0.6) is 0 Å². The zero-order chi connectivity index (χ0) is 14.7. The van der Waals surface area contributed by atoms with Gasteiger partial charge in [0.1, 0.15) is 0 Å². The first-order valence-electron chi connectivity index (χ1n) is 7.31. The molecule has 116 valence electrons. The summed E-state index contributed by atoms with van der Waals surface area (Å²) < 4.78 is 33.5. The van der Waals surface area contributed by atoms with Gasteiger partial charge in [-0.2, -0.15) is 0 Å². The van der Waals surface area contributed by atoms with Gasteiger partial charge in [-0.05, 0) is 5.56 Å². The SMILES string of the molecule is O=S1(=O)CC(OCC2CN(Cc3ccccc3)CCO2)C1. The van der Waals surface area contributed by atoms with Gasteiger partial charge >= 0.3 is 0 Å². The first-order valence-corrected chi connectivity index (χ1v) is 9.13. The van der Waals surface area contributed by atoms with E-state index in [9.17, 15) is 8.42 Å². The normalized spacial score (nSPS) is 26.4. The van der Waals surface area contributed by atoms with Crippen molar-refractivity contribution in [2.45, 2.75) is 18.8 Å². The summed E-state index contributed by atoms with van der Waals surface area (Å²) in [6.07, 6.45) is -0.103. The molecule has 2 saturated heterocycles. The molecular formula is C15H21NO4S. The third kappa shape index (κ3) is 4.26. The zero-order valence-electron chi connectivity index (χ0n) is 12.0. The molecule has 0 N–H and O–H groups in total. The molecule has 1 aromatic rings. The van der Waals surface area contributed by atoms with Crippen LogP contribution in [0, 0.1) is 0 Å². The largest absolute Gasteiger partial charge is 0.373 e. The average molecular weight is 311 g/mol. The van der Waals surface area contributed by atoms with E-state index in [-0.39, 0.29) is 23.7 Å². The molecule has 2 aliphatic rings. The summed E-state index contributed by atoms with van der Waals surface area (Å²) in [6, 6.07) is 10.4. The summed E-state index contributed by atoms with van der Waals surface area (Å²) in [5.74, 6) is 0.320. The van der Waals surface area contributed by atoms with Crippen LogP contribution in [-0.2, 0) is 25.9 Å². The van der Waals surface area contributed by atoms with Crippen LogP contribution in [0.4, 0.5) is 0 Å². The van der Waals surface area contributed by atoms with Crippen molar-refractivity contribution in [2.24, 2.45) is 0 Å². The molecule has 5 nitrogen and oxygen atoms in total. The maximum atomic E-state index is 11.1. The molecule has 0 radical (unpaired) electrons. The summed E-state index contributed by atoms with van der Waals surface area (Å²) in [5, 5.41) is 0. The predicted octanol–water partition coefficient (Wildman–Crippen LogP) is 0.701. The number of nitrogens with zero attached hydrogens (tertiary/aromatic N) is 1. The molecule has 1 aromatic carbocycles. The lowest BCUT2D eigenvalue weighted by molar-refractivity contribution is -0.0822. The van der Waals surface area contributed by atoms with E-state index < -0.39 is 9.84 Å². The highest BCUT2D eigenvalue weighted by molar-refractivity contribution is 7.92. The second-order valence-corrected chi connectivity index (χ2v) is 7.90. The van der Waals surface area contributed by atoms with E-state index in [1.807, 2.05) is 18.2 Å². The molecule has 6 heteroatoms. The smallest absolute Gasteiger partial charge is 0.155 e. The first-order chi connectivity index (χ1) is 10.1. The predicted molar refractivity (Wildman–Crippen MR) is 79.9 cm³/mol. The van der Waals surface area contributed by atoms with Crippen molar-refractivity contribution >= 4 is 9.84 Å². The second kappa shape index (κ2) is 6.44. The Hall–Kier alpha value is -0.950. The van der Waals surface area contributed by atoms with Gasteiger partial charge in [-0.15, -0.1) is 0 Å². The molecule has 0 aromatic heterocycles. The number of ether oxygens (including phenoxy) is 2. The van der Waals surface area contributed by atoms with E-state index in [1.165, 1.54) is 5.56 Å². The molecule has 0 aliphatic carbocycles. The number of hydrogen-bond acceptors (Lipinski definition) is 5. The van der Waals surface area contributed by atoms with Gasteiger partial charge in [-0.1, -0.05) is 30.3 Å². The summed E-state index contributed by atoms with van der Waals surface area (Å²) in [7, 11) is -2.81. The Labute approximate surface area is 125 Å². The van der Waals surface area contributed by atoms with Crippen LogP contribution in [0.3, 0.4) is 0 Å². The third-order valence-electron chi connectivity index (χ3n) is 3.87. The van der Waals surface area contributed by atoms with Gasteiger partial charge < -0.3 is 9.47 Å². The fourth-order valence-corrected chi connectivity index (χ4v) is 3.95. The first kappa shape index (κ1) is 15.0. The van der Waals surface area contributed by atoms with Gasteiger partial charge in [0.15, 0.2) is 9.84 Å². The highest BCUT2D eigenvalue weighted by Gasteiger charge is 2.35. The molecule has 2 aliphatic heterocycles. The Morgan fingerprint density at radius 2 is 2.00 bits per heavy atom. The van der Waals surface area contributed by atoms with Crippen LogP contribution in [0.25, 0.3) is 0 Å². The molecule has 0 spiro atoms. The van der Waals surface area contributed by atoms with Gasteiger partial charge in [0.05, 0.1) is 36.9 Å². The fraction of sp³-hybridized carbons (Fsp3) is 0.600. The van der Waals surface area contributed by atoms with E-state index >= 15 is 0 Å². The van der Waals surface area contributed by atoms with E-state index in [1.54, 1.807) is 0 Å². The van der Waals surface area contributed by atoms with Crippen molar-refractivity contribution in [3.63, 3.8) is 0 Å². The Morgan fingerprint density at radius 3 is 2.71 bits per heavy atom. The van der Waals surface area contributed by atoms with E-state index in [2.05, 4.69) is 17.0 Å². The number of benzene rings is 1. The number of rotatable bonds is 5. The van der Waals surface area contributed by atoms with Gasteiger partial charge in [-0.25, -0.2) is 8.42 Å². The lowest BCUT2D eigenvalue weighted by Crippen LogP contribution is -2.48. The van der Waals surface area contributed by atoms with Gasteiger partial charge in [-0.3, -0.25) is 4.90 Å². The van der Waals surface area contributed by atoms with Crippen LogP contribution >= 0.6 is 0 Å². The Bertz CT molecular complexity index is 548. The maximum absolute atomic E-state index is 11.1. The van der Waals surface area contributed by atoms with E-state index in [0.29, 0.717) is 13.2 Å². The maximum Gasteiger partial charge on any atom is 0.155 e. The summed E-state index contributed by atoms with van der Waals surface area (Å²) in [5.41, 5.74) is 1.30. The Kier molecular flexibility index (Phi) is 4.59. The van der Waals surface area contributed by atoms with Crippen LogP contribution < -0.4 is 0 Å². The van der Waals surface area contributed by atoms with Crippen LogP contribution in [-0.4, -0.2) is 63.3 Å². The lowest BCUT2D eigenvalue weighted by Gasteiger charge is -2.34. The van der Waals surface area contributed by atoms with Crippen molar-refractivity contribution in [2.75, 3.05) is 37.8 Å². The molecule has 2 heterocycles. The molecule has 21 heavy (non-hydrogen) atoms.